The average Bonchev–Trinajstić information content (AvgIpc) is 2.74. The summed E-state index contributed by atoms with van der Waals surface area (Å²) in [4.78, 5) is 0. The Bertz CT molecular complexity index is 793. The maximum absolute atomic E-state index is 7.27. The Morgan fingerprint density at radius 3 is 1.66 bits per heavy atom. The summed E-state index contributed by atoms with van der Waals surface area (Å²) >= 11 is 0. The van der Waals surface area contributed by atoms with E-state index in [9.17, 15) is 0 Å². The van der Waals surface area contributed by atoms with E-state index in [1.165, 1.54) is 0 Å². The van der Waals surface area contributed by atoms with Crippen molar-refractivity contribution in [3.8, 4) is 0 Å². The van der Waals surface area contributed by atoms with E-state index >= 15 is 0 Å². The molecule has 0 heterocycles. The summed E-state index contributed by atoms with van der Waals surface area (Å²) in [6, 6.07) is 5.87. The molecule has 0 aliphatic rings. The first-order chi connectivity index (χ1) is 15.2. The van der Waals surface area contributed by atoms with Gasteiger partial charge in [0.2, 0.25) is 11.9 Å². The van der Waals surface area contributed by atoms with Gasteiger partial charge >= 0.3 is 0 Å². The van der Waals surface area contributed by atoms with Gasteiger partial charge in [-0.2, -0.15) is 10.2 Å². The van der Waals surface area contributed by atoms with Crippen LogP contribution in [0.1, 0.15) is 57.1 Å². The standard InChI is InChI=1S/C20H36N12/c1-13(29-31-19(23)24)15-10-16(14(2)30-32-20(25)26)12-17(11-15)27-8-6-4-3-5-7-9-28-18(21)22/h10-12,27H,3-9H2,1-2H3,(H4,21,22,28)(H4,23,24,31)(H4,25,26,32). The Kier molecular flexibility index (Phi) is 11.6. The molecule has 0 saturated heterocycles. The maximum Gasteiger partial charge on any atom is 0.206 e. The lowest BCUT2D eigenvalue weighted by Crippen LogP contribution is -2.30. The molecule has 0 spiro atoms. The van der Waals surface area contributed by atoms with E-state index < -0.39 is 0 Å². The lowest BCUT2D eigenvalue weighted by molar-refractivity contribution is 0.616. The van der Waals surface area contributed by atoms with Crippen molar-refractivity contribution >= 4 is 35.0 Å². The molecule has 12 heteroatoms. The van der Waals surface area contributed by atoms with Crippen molar-refractivity contribution in [2.24, 2.45) is 27.4 Å². The first-order valence-electron chi connectivity index (χ1n) is 10.4. The van der Waals surface area contributed by atoms with E-state index in [-0.39, 0.29) is 17.9 Å². The summed E-state index contributed by atoms with van der Waals surface area (Å²) in [5.74, 6) is -0.454. The minimum absolute atomic E-state index is 0.0190. The average molecular weight is 445 g/mol. The van der Waals surface area contributed by atoms with E-state index in [0.29, 0.717) is 11.4 Å². The third-order valence-electron chi connectivity index (χ3n) is 4.45. The minimum Gasteiger partial charge on any atom is -0.385 e. The van der Waals surface area contributed by atoms with Crippen LogP contribution in [0.4, 0.5) is 5.69 Å². The monoisotopic (exact) mass is 444 g/mol. The van der Waals surface area contributed by atoms with Gasteiger partial charge in [-0.1, -0.05) is 19.3 Å². The van der Waals surface area contributed by atoms with Gasteiger partial charge in [0.25, 0.3) is 0 Å². The van der Waals surface area contributed by atoms with Crippen molar-refractivity contribution in [3.63, 3.8) is 0 Å². The van der Waals surface area contributed by atoms with Crippen LogP contribution in [-0.2, 0) is 0 Å². The third-order valence-corrected chi connectivity index (χ3v) is 4.45. The van der Waals surface area contributed by atoms with E-state index in [4.69, 9.17) is 33.4 Å². The zero-order chi connectivity index (χ0) is 23.9. The molecular formula is C20H36N12. The number of guanidine groups is 3. The van der Waals surface area contributed by atoms with Crippen LogP contribution < -0.4 is 38.7 Å². The summed E-state index contributed by atoms with van der Waals surface area (Å²) in [5.41, 5.74) is 24.7. The van der Waals surface area contributed by atoms with Crippen molar-refractivity contribution in [1.29, 1.82) is 16.2 Å². The molecule has 0 aliphatic heterocycles. The molecule has 1 rings (SSSR count). The number of hydrogen-bond acceptors (Lipinski definition) is 6. The Morgan fingerprint density at radius 2 is 1.19 bits per heavy atom. The van der Waals surface area contributed by atoms with Crippen LogP contribution in [0.2, 0.25) is 0 Å². The molecule has 0 aromatic heterocycles. The zero-order valence-electron chi connectivity index (χ0n) is 18.8. The molecule has 13 N–H and O–H groups in total. The van der Waals surface area contributed by atoms with Gasteiger partial charge in [-0.3, -0.25) is 16.2 Å². The number of benzene rings is 1. The first-order valence-corrected chi connectivity index (χ1v) is 10.4. The Labute approximate surface area is 189 Å². The normalized spacial score (nSPS) is 11.6. The lowest BCUT2D eigenvalue weighted by atomic mass is 10.0. The Morgan fingerprint density at radius 1 is 0.719 bits per heavy atom. The lowest BCUT2D eigenvalue weighted by Gasteiger charge is -2.12. The molecule has 1 aromatic carbocycles. The van der Waals surface area contributed by atoms with Crippen LogP contribution in [0.25, 0.3) is 0 Å². The van der Waals surface area contributed by atoms with Gasteiger partial charge in [-0.25, -0.2) is 10.9 Å². The molecule has 0 radical (unpaired) electrons. The summed E-state index contributed by atoms with van der Waals surface area (Å²) in [7, 11) is 0. The molecule has 0 aliphatic carbocycles. The maximum atomic E-state index is 7.27. The van der Waals surface area contributed by atoms with Crippen LogP contribution in [0.3, 0.4) is 0 Å². The number of nitrogens with zero attached hydrogens (tertiary/aromatic N) is 2. The Balaban J connectivity index is 2.74. The summed E-state index contributed by atoms with van der Waals surface area (Å²) in [5, 5.41) is 36.2. The number of nitrogens with one attached hydrogen (secondary N) is 7. The second kappa shape index (κ2) is 14.2. The molecule has 176 valence electrons. The summed E-state index contributed by atoms with van der Waals surface area (Å²) < 4.78 is 0. The molecule has 12 nitrogen and oxygen atoms in total. The highest BCUT2D eigenvalue weighted by atomic mass is 15.3. The van der Waals surface area contributed by atoms with E-state index in [0.717, 1.165) is 62.0 Å². The second-order valence-corrected chi connectivity index (χ2v) is 7.28. The van der Waals surface area contributed by atoms with Crippen LogP contribution in [0.15, 0.2) is 28.4 Å². The quantitative estimate of drug-likeness (QED) is 0.0916. The van der Waals surface area contributed by atoms with Gasteiger partial charge in [0.05, 0.1) is 11.4 Å². The number of hydrazone groups is 2. The van der Waals surface area contributed by atoms with Crippen LogP contribution in [0, 0.1) is 16.2 Å². The fourth-order valence-corrected chi connectivity index (χ4v) is 2.80. The van der Waals surface area contributed by atoms with Gasteiger partial charge in [-0.05, 0) is 44.9 Å². The van der Waals surface area contributed by atoms with Crippen LogP contribution in [-0.4, -0.2) is 42.4 Å². The van der Waals surface area contributed by atoms with Gasteiger partial charge in [0.15, 0.2) is 5.96 Å². The van der Waals surface area contributed by atoms with E-state index in [1.54, 1.807) is 0 Å². The second-order valence-electron chi connectivity index (χ2n) is 7.28. The SMILES string of the molecule is CC(=NNC(=N)N)c1cc(NCCCCCCCNC(=N)N)cc(C(C)=NNC(=N)N)c1. The van der Waals surface area contributed by atoms with Gasteiger partial charge < -0.3 is 27.8 Å². The number of rotatable bonds is 13. The summed E-state index contributed by atoms with van der Waals surface area (Å²) in [6.45, 7) is 5.19. The topological polar surface area (TPSA) is 222 Å². The molecule has 0 unspecified atom stereocenters. The molecule has 0 atom stereocenters. The van der Waals surface area contributed by atoms with Crippen molar-refractivity contribution < 1.29 is 0 Å². The highest BCUT2D eigenvalue weighted by Crippen LogP contribution is 2.17. The summed E-state index contributed by atoms with van der Waals surface area (Å²) in [6.07, 6.45) is 5.34. The Hall–Kier alpha value is -3.83. The third kappa shape index (κ3) is 11.4. The van der Waals surface area contributed by atoms with E-state index in [1.807, 2.05) is 32.0 Å². The molecule has 0 amide bonds. The van der Waals surface area contributed by atoms with Gasteiger partial charge in [-0.15, -0.1) is 0 Å². The fraction of sp³-hybridized carbons (Fsp3) is 0.450. The molecular weight excluding hydrogens is 408 g/mol. The minimum atomic E-state index is -0.237. The number of anilines is 1. The molecule has 1 aromatic rings. The largest absolute Gasteiger partial charge is 0.385 e. The predicted molar refractivity (Wildman–Crippen MR) is 132 cm³/mol. The van der Waals surface area contributed by atoms with Crippen LogP contribution in [0.5, 0.6) is 0 Å². The van der Waals surface area contributed by atoms with Gasteiger partial charge in [0.1, 0.15) is 0 Å². The first kappa shape index (κ1) is 26.2. The van der Waals surface area contributed by atoms with E-state index in [2.05, 4.69) is 31.7 Å². The number of nitrogens with two attached hydrogens (primary N) is 3. The fourth-order valence-electron chi connectivity index (χ4n) is 2.80. The van der Waals surface area contributed by atoms with Crippen molar-refractivity contribution in [1.82, 2.24) is 16.2 Å². The smallest absolute Gasteiger partial charge is 0.206 e. The number of hydrogen-bond donors (Lipinski definition) is 10. The van der Waals surface area contributed by atoms with Crippen LogP contribution >= 0.6 is 0 Å². The van der Waals surface area contributed by atoms with Gasteiger partial charge in [0, 0.05) is 29.9 Å². The molecule has 0 fully saturated rings. The van der Waals surface area contributed by atoms with Crippen molar-refractivity contribution in [3.05, 3.63) is 29.3 Å². The zero-order valence-corrected chi connectivity index (χ0v) is 18.8. The van der Waals surface area contributed by atoms with Crippen molar-refractivity contribution in [2.45, 2.75) is 46.0 Å². The highest BCUT2D eigenvalue weighted by Gasteiger charge is 2.07. The molecule has 0 bridgehead atoms. The highest BCUT2D eigenvalue weighted by molar-refractivity contribution is 6.05. The van der Waals surface area contributed by atoms with Crippen molar-refractivity contribution in [2.75, 3.05) is 18.4 Å². The number of unbranched alkanes of at least 4 members (excludes halogenated alkanes) is 4. The molecule has 0 saturated carbocycles. The predicted octanol–water partition coefficient (Wildman–Crippen LogP) is 0.946. The molecule has 32 heavy (non-hydrogen) atoms.